The average Bonchev–Trinajstić information content (AvgIpc) is 2.87. The Bertz CT molecular complexity index is 994. The van der Waals surface area contributed by atoms with Crippen molar-refractivity contribution in [1.29, 1.82) is 0 Å². The van der Waals surface area contributed by atoms with E-state index in [1.54, 1.807) is 6.08 Å². The van der Waals surface area contributed by atoms with Crippen LogP contribution in [0.2, 0.25) is 18.1 Å². The molecule has 0 saturated carbocycles. The molecular formula is C33H52O5Si. The standard InChI is InChI=1S/C33H52O5Si/c1-10-20-33(11-2,12-3)31(35)37-28-15-13-14-24-17-16-23(4)26(30(24)28)19-18-25-21-27(34)29(22-36-25)38-39(8,9)32(5,6)7/h10,14,16-17,21,23,26,28-30H,1,11-13,15,18-20,22H2,2-9H3/t23-,26-,28-,29?,30-/m0/s1. The largest absolute Gasteiger partial charge is 0.495 e. The van der Waals surface area contributed by atoms with Crippen LogP contribution >= 0.6 is 0 Å². The van der Waals surface area contributed by atoms with E-state index in [-0.39, 0.29) is 35.4 Å². The molecule has 0 spiro atoms. The van der Waals surface area contributed by atoms with Crippen molar-refractivity contribution < 1.29 is 23.5 Å². The number of hydrogen-bond donors (Lipinski definition) is 0. The summed E-state index contributed by atoms with van der Waals surface area (Å²) >= 11 is 0. The summed E-state index contributed by atoms with van der Waals surface area (Å²) in [5.74, 6) is 1.48. The molecule has 0 fully saturated rings. The summed E-state index contributed by atoms with van der Waals surface area (Å²) in [5, 5.41) is 0.0345. The quantitative estimate of drug-likeness (QED) is 0.146. The van der Waals surface area contributed by atoms with Crippen LogP contribution in [0.25, 0.3) is 0 Å². The van der Waals surface area contributed by atoms with Crippen LogP contribution < -0.4 is 0 Å². The first-order chi connectivity index (χ1) is 18.3. The lowest BCUT2D eigenvalue weighted by Gasteiger charge is -2.43. The lowest BCUT2D eigenvalue weighted by atomic mass is 9.66. The first-order valence-corrected chi connectivity index (χ1v) is 17.9. The summed E-state index contributed by atoms with van der Waals surface area (Å²) in [5.41, 5.74) is 0.778. The van der Waals surface area contributed by atoms with Gasteiger partial charge in [0.25, 0.3) is 0 Å². The van der Waals surface area contributed by atoms with Crippen molar-refractivity contribution in [3.05, 3.63) is 48.3 Å². The number of fused-ring (bicyclic) bond motifs is 1. The van der Waals surface area contributed by atoms with Crippen molar-refractivity contribution in [3.63, 3.8) is 0 Å². The third-order valence-corrected chi connectivity index (χ3v) is 14.4. The molecular weight excluding hydrogens is 504 g/mol. The normalized spacial score (nSPS) is 27.7. The van der Waals surface area contributed by atoms with E-state index in [0.29, 0.717) is 24.7 Å². The van der Waals surface area contributed by atoms with Crippen molar-refractivity contribution in [2.75, 3.05) is 6.61 Å². The second-order valence-electron chi connectivity index (χ2n) is 13.3. The van der Waals surface area contributed by atoms with Gasteiger partial charge in [-0.25, -0.2) is 0 Å². The van der Waals surface area contributed by atoms with E-state index in [2.05, 4.69) is 79.4 Å². The molecule has 1 heterocycles. The second kappa shape index (κ2) is 12.7. The Balaban J connectivity index is 1.72. The third-order valence-electron chi connectivity index (χ3n) is 9.93. The highest BCUT2D eigenvalue weighted by Gasteiger charge is 2.44. The smallest absolute Gasteiger partial charge is 0.312 e. The predicted octanol–water partition coefficient (Wildman–Crippen LogP) is 8.09. The van der Waals surface area contributed by atoms with Crippen LogP contribution in [0.4, 0.5) is 0 Å². The maximum Gasteiger partial charge on any atom is 0.312 e. The molecule has 5 nitrogen and oxygen atoms in total. The molecule has 39 heavy (non-hydrogen) atoms. The van der Waals surface area contributed by atoms with Gasteiger partial charge in [0.1, 0.15) is 18.8 Å². The van der Waals surface area contributed by atoms with E-state index in [1.807, 2.05) is 6.08 Å². The lowest BCUT2D eigenvalue weighted by molar-refractivity contribution is -0.166. The van der Waals surface area contributed by atoms with Crippen molar-refractivity contribution in [2.24, 2.45) is 23.2 Å². The average molecular weight is 557 g/mol. The van der Waals surface area contributed by atoms with Crippen LogP contribution in [0.5, 0.6) is 0 Å². The monoisotopic (exact) mass is 556 g/mol. The molecule has 3 aliphatic rings. The highest BCUT2D eigenvalue weighted by atomic mass is 28.4. The summed E-state index contributed by atoms with van der Waals surface area (Å²) < 4.78 is 18.8. The van der Waals surface area contributed by atoms with Gasteiger partial charge in [-0.2, -0.15) is 0 Å². The van der Waals surface area contributed by atoms with Crippen LogP contribution in [0.3, 0.4) is 0 Å². The minimum atomic E-state index is -2.07. The number of esters is 1. The van der Waals surface area contributed by atoms with E-state index in [0.717, 1.165) is 37.9 Å². The van der Waals surface area contributed by atoms with Gasteiger partial charge < -0.3 is 13.9 Å². The zero-order valence-corrected chi connectivity index (χ0v) is 26.7. The van der Waals surface area contributed by atoms with E-state index in [4.69, 9.17) is 13.9 Å². The number of ether oxygens (including phenoxy) is 2. The molecule has 2 aliphatic carbocycles. The van der Waals surface area contributed by atoms with Crippen molar-refractivity contribution in [2.45, 2.75) is 117 Å². The van der Waals surface area contributed by atoms with Crippen LogP contribution in [0.1, 0.15) is 86.5 Å². The van der Waals surface area contributed by atoms with Gasteiger partial charge in [0.2, 0.25) is 0 Å². The number of rotatable bonds is 11. The molecule has 0 aromatic heterocycles. The van der Waals surface area contributed by atoms with Gasteiger partial charge in [0, 0.05) is 18.4 Å². The Morgan fingerprint density at radius 1 is 1.23 bits per heavy atom. The summed E-state index contributed by atoms with van der Waals surface area (Å²) in [6, 6.07) is 0. The van der Waals surface area contributed by atoms with Crippen molar-refractivity contribution >= 4 is 20.1 Å². The van der Waals surface area contributed by atoms with Gasteiger partial charge in [-0.15, -0.1) is 6.58 Å². The maximum atomic E-state index is 13.5. The van der Waals surface area contributed by atoms with Crippen LogP contribution in [0.15, 0.2) is 48.3 Å². The second-order valence-corrected chi connectivity index (χ2v) is 18.1. The molecule has 3 rings (SSSR count). The summed E-state index contributed by atoms with van der Waals surface area (Å²) in [6.45, 7) is 21.4. The third kappa shape index (κ3) is 7.05. The first kappa shape index (κ1) is 31.6. The van der Waals surface area contributed by atoms with Crippen molar-refractivity contribution in [1.82, 2.24) is 0 Å². The number of hydrogen-bond acceptors (Lipinski definition) is 5. The molecule has 5 atom stereocenters. The van der Waals surface area contributed by atoms with Gasteiger partial charge in [0.15, 0.2) is 14.1 Å². The Morgan fingerprint density at radius 3 is 2.51 bits per heavy atom. The van der Waals surface area contributed by atoms with Crippen LogP contribution in [-0.4, -0.2) is 38.9 Å². The predicted molar refractivity (Wildman–Crippen MR) is 161 cm³/mol. The highest BCUT2D eigenvalue weighted by molar-refractivity contribution is 6.74. The fourth-order valence-electron chi connectivity index (χ4n) is 6.04. The molecule has 0 N–H and O–H groups in total. The van der Waals surface area contributed by atoms with Gasteiger partial charge in [-0.1, -0.05) is 65.8 Å². The fourth-order valence-corrected chi connectivity index (χ4v) is 7.29. The number of allylic oxidation sites excluding steroid dienone is 5. The van der Waals surface area contributed by atoms with E-state index >= 15 is 0 Å². The zero-order valence-electron chi connectivity index (χ0n) is 25.7. The molecule has 1 unspecified atom stereocenters. The van der Waals surface area contributed by atoms with Gasteiger partial charge in [-0.05, 0) is 74.1 Å². The lowest BCUT2D eigenvalue weighted by Crippen LogP contribution is -2.48. The summed E-state index contributed by atoms with van der Waals surface area (Å²) in [7, 11) is -2.07. The van der Waals surface area contributed by atoms with Crippen LogP contribution in [-0.2, 0) is 23.5 Å². The molecule has 1 aliphatic heterocycles. The summed E-state index contributed by atoms with van der Waals surface area (Å²) in [4.78, 5) is 26.5. The number of ketones is 1. The molecule has 0 aromatic rings. The highest BCUT2D eigenvalue weighted by Crippen LogP contribution is 2.45. The number of carbonyl (C=O) groups is 2. The van der Waals surface area contributed by atoms with Crippen LogP contribution in [0, 0.1) is 23.2 Å². The molecule has 0 amide bonds. The molecule has 0 radical (unpaired) electrons. The number of carbonyl (C=O) groups excluding carboxylic acids is 2. The van der Waals surface area contributed by atoms with Gasteiger partial charge in [0.05, 0.1) is 11.2 Å². The van der Waals surface area contributed by atoms with Gasteiger partial charge in [-0.3, -0.25) is 9.59 Å². The minimum Gasteiger partial charge on any atom is -0.495 e. The minimum absolute atomic E-state index is 0.0143. The molecule has 218 valence electrons. The Kier molecular flexibility index (Phi) is 10.3. The maximum absolute atomic E-state index is 13.5. The Labute approximate surface area is 238 Å². The summed E-state index contributed by atoms with van der Waals surface area (Å²) in [6.07, 6.45) is 15.1. The SMILES string of the molecule is C=CCC(CC)(CC)C(=O)O[C@H]1CCC=C2C=C[C@H](C)[C@H](CCC3=CC(=O)C(O[Si](C)(C)C(C)(C)C)CO3)[C@H]21. The first-order valence-electron chi connectivity index (χ1n) is 15.0. The van der Waals surface area contributed by atoms with E-state index in [1.165, 1.54) is 5.57 Å². The molecule has 0 aromatic carbocycles. The molecule has 0 bridgehead atoms. The zero-order chi connectivity index (χ0) is 29.0. The molecule has 6 heteroatoms. The Hall–Kier alpha value is -1.92. The van der Waals surface area contributed by atoms with E-state index in [9.17, 15) is 9.59 Å². The van der Waals surface area contributed by atoms with Gasteiger partial charge >= 0.3 is 5.97 Å². The molecule has 0 saturated heterocycles. The van der Waals surface area contributed by atoms with E-state index < -0.39 is 19.8 Å². The fraction of sp³-hybridized carbons (Fsp3) is 0.697. The topological polar surface area (TPSA) is 61.8 Å². The van der Waals surface area contributed by atoms with Crippen molar-refractivity contribution in [3.8, 4) is 0 Å². The Morgan fingerprint density at radius 2 is 1.92 bits per heavy atom.